The number of H-pyrrole nitrogens is 2. The Morgan fingerprint density at radius 1 is 0.909 bits per heavy atom. The van der Waals surface area contributed by atoms with Crippen molar-refractivity contribution in [3.05, 3.63) is 86.7 Å². The predicted octanol–water partition coefficient (Wildman–Crippen LogP) is 1.51. The molecule has 170 valence electrons. The Morgan fingerprint density at radius 2 is 1.55 bits per heavy atom. The number of rotatable bonds is 8. The molecule has 0 aliphatic carbocycles. The van der Waals surface area contributed by atoms with Crippen LogP contribution in [0.25, 0.3) is 0 Å². The zero-order chi connectivity index (χ0) is 23.8. The van der Waals surface area contributed by atoms with Crippen molar-refractivity contribution in [2.45, 2.75) is 6.92 Å². The molecular formula is C22H20N4O7. The van der Waals surface area contributed by atoms with E-state index < -0.39 is 35.3 Å². The second kappa shape index (κ2) is 10.6. The van der Waals surface area contributed by atoms with Gasteiger partial charge in [-0.25, -0.2) is 9.59 Å². The molecule has 0 saturated carbocycles. The van der Waals surface area contributed by atoms with Gasteiger partial charge in [0.25, 0.3) is 17.4 Å². The fourth-order valence-corrected chi connectivity index (χ4v) is 2.68. The molecule has 0 fully saturated rings. The van der Waals surface area contributed by atoms with Gasteiger partial charge in [0.15, 0.2) is 6.61 Å². The molecule has 1 aromatic heterocycles. The van der Waals surface area contributed by atoms with Crippen LogP contribution in [0.3, 0.4) is 0 Å². The van der Waals surface area contributed by atoms with Crippen molar-refractivity contribution >= 4 is 29.2 Å². The SMILES string of the molecule is CCOc1ccc(NC(=O)c2ccc(NC(=O)COC(=O)c3c[nH]c(=O)[nH]c3=O)cc2)cc1. The minimum absolute atomic E-state index is 0.336. The predicted molar refractivity (Wildman–Crippen MR) is 119 cm³/mol. The fourth-order valence-electron chi connectivity index (χ4n) is 2.68. The maximum absolute atomic E-state index is 12.4. The van der Waals surface area contributed by atoms with E-state index >= 15 is 0 Å². The van der Waals surface area contributed by atoms with Crippen molar-refractivity contribution < 1.29 is 23.9 Å². The Balaban J connectivity index is 1.51. The highest BCUT2D eigenvalue weighted by atomic mass is 16.5. The first-order chi connectivity index (χ1) is 15.9. The number of amides is 2. The van der Waals surface area contributed by atoms with Crippen LogP contribution in [-0.2, 0) is 9.53 Å². The number of hydrogen-bond acceptors (Lipinski definition) is 7. The van der Waals surface area contributed by atoms with Crippen LogP contribution in [-0.4, -0.2) is 41.0 Å². The van der Waals surface area contributed by atoms with Gasteiger partial charge in [-0.05, 0) is 55.5 Å². The molecule has 0 atom stereocenters. The van der Waals surface area contributed by atoms with Gasteiger partial charge in [-0.2, -0.15) is 0 Å². The summed E-state index contributed by atoms with van der Waals surface area (Å²) in [6.07, 6.45) is 0.901. The highest BCUT2D eigenvalue weighted by Crippen LogP contribution is 2.17. The number of anilines is 2. The molecule has 0 radical (unpaired) electrons. The normalized spacial score (nSPS) is 10.2. The van der Waals surface area contributed by atoms with Gasteiger partial charge in [0, 0.05) is 23.1 Å². The lowest BCUT2D eigenvalue weighted by Gasteiger charge is -2.09. The van der Waals surface area contributed by atoms with Crippen LogP contribution in [0, 0.1) is 0 Å². The second-order valence-electron chi connectivity index (χ2n) is 6.60. The number of hydrogen-bond donors (Lipinski definition) is 4. The smallest absolute Gasteiger partial charge is 0.345 e. The molecule has 0 unspecified atom stereocenters. The Hall–Kier alpha value is -4.67. The minimum Gasteiger partial charge on any atom is -0.494 e. The van der Waals surface area contributed by atoms with E-state index in [0.717, 1.165) is 6.20 Å². The number of aromatic nitrogens is 2. The third-order valence-electron chi connectivity index (χ3n) is 4.23. The van der Waals surface area contributed by atoms with Gasteiger partial charge in [0.05, 0.1) is 6.61 Å². The van der Waals surface area contributed by atoms with E-state index in [1.807, 2.05) is 11.9 Å². The summed E-state index contributed by atoms with van der Waals surface area (Å²) in [6.45, 7) is 1.77. The summed E-state index contributed by atoms with van der Waals surface area (Å²) < 4.78 is 10.1. The zero-order valence-corrected chi connectivity index (χ0v) is 17.5. The number of carbonyl (C=O) groups excluding carboxylic acids is 3. The Kier molecular flexibility index (Phi) is 7.37. The van der Waals surface area contributed by atoms with Crippen molar-refractivity contribution in [1.82, 2.24) is 9.97 Å². The number of aromatic amines is 2. The van der Waals surface area contributed by atoms with Crippen LogP contribution >= 0.6 is 0 Å². The highest BCUT2D eigenvalue weighted by Gasteiger charge is 2.15. The molecule has 0 spiro atoms. The lowest BCUT2D eigenvalue weighted by atomic mass is 10.2. The molecule has 0 saturated heterocycles. The first-order valence-electron chi connectivity index (χ1n) is 9.79. The Bertz CT molecular complexity index is 1260. The van der Waals surface area contributed by atoms with Gasteiger partial charge in [-0.3, -0.25) is 19.4 Å². The number of ether oxygens (including phenoxy) is 2. The number of carbonyl (C=O) groups is 3. The first-order valence-corrected chi connectivity index (χ1v) is 9.79. The van der Waals surface area contributed by atoms with Crippen LogP contribution in [0.5, 0.6) is 5.75 Å². The molecule has 3 aromatic rings. The van der Waals surface area contributed by atoms with Crippen molar-refractivity contribution in [1.29, 1.82) is 0 Å². The van der Waals surface area contributed by atoms with Crippen molar-refractivity contribution in [2.24, 2.45) is 0 Å². The zero-order valence-electron chi connectivity index (χ0n) is 17.5. The average molecular weight is 452 g/mol. The van der Waals surface area contributed by atoms with E-state index in [4.69, 9.17) is 9.47 Å². The largest absolute Gasteiger partial charge is 0.494 e. The van der Waals surface area contributed by atoms with E-state index in [-0.39, 0.29) is 5.91 Å². The van der Waals surface area contributed by atoms with Crippen LogP contribution in [0.15, 0.2) is 64.3 Å². The molecule has 11 heteroatoms. The summed E-state index contributed by atoms with van der Waals surface area (Å²) in [6, 6.07) is 13.0. The Morgan fingerprint density at radius 3 is 2.18 bits per heavy atom. The molecule has 0 bridgehead atoms. The van der Waals surface area contributed by atoms with E-state index in [1.54, 1.807) is 24.3 Å². The van der Waals surface area contributed by atoms with Gasteiger partial charge in [-0.15, -0.1) is 0 Å². The number of nitrogens with one attached hydrogen (secondary N) is 4. The summed E-state index contributed by atoms with van der Waals surface area (Å²) in [5.74, 6) is -1.36. The quantitative estimate of drug-likeness (QED) is 0.377. The van der Waals surface area contributed by atoms with Crippen molar-refractivity contribution in [3.8, 4) is 5.75 Å². The topological polar surface area (TPSA) is 159 Å². The third kappa shape index (κ3) is 6.40. The highest BCUT2D eigenvalue weighted by molar-refractivity contribution is 6.04. The maximum Gasteiger partial charge on any atom is 0.345 e. The molecule has 0 aliphatic heterocycles. The van der Waals surface area contributed by atoms with Gasteiger partial charge in [0.1, 0.15) is 11.3 Å². The van der Waals surface area contributed by atoms with Gasteiger partial charge in [0.2, 0.25) is 0 Å². The number of benzene rings is 2. The standard InChI is InChI=1S/C22H20N4O7/c1-2-32-16-9-7-15(8-10-16)25-19(28)13-3-5-14(6-4-13)24-18(27)12-33-21(30)17-11-23-22(31)26-20(17)29/h3-11H,2,12H2,1H3,(H,24,27)(H,25,28)(H2,23,26,29,31). The third-order valence-corrected chi connectivity index (χ3v) is 4.23. The van der Waals surface area contributed by atoms with Crippen molar-refractivity contribution in [3.63, 3.8) is 0 Å². The molecule has 2 aromatic carbocycles. The van der Waals surface area contributed by atoms with E-state index in [9.17, 15) is 24.0 Å². The summed E-state index contributed by atoms with van der Waals surface area (Å²) in [5, 5.41) is 5.26. The van der Waals surface area contributed by atoms with E-state index in [1.165, 1.54) is 24.3 Å². The van der Waals surface area contributed by atoms with Crippen LogP contribution in [0.2, 0.25) is 0 Å². The summed E-state index contributed by atoms with van der Waals surface area (Å²) in [7, 11) is 0. The summed E-state index contributed by atoms with van der Waals surface area (Å²) >= 11 is 0. The van der Waals surface area contributed by atoms with Gasteiger partial charge in [-0.1, -0.05) is 0 Å². The van der Waals surface area contributed by atoms with E-state index in [2.05, 4.69) is 15.6 Å². The molecule has 11 nitrogen and oxygen atoms in total. The summed E-state index contributed by atoms with van der Waals surface area (Å²) in [5.41, 5.74) is -0.801. The molecule has 1 heterocycles. The molecule has 3 rings (SSSR count). The van der Waals surface area contributed by atoms with Gasteiger partial charge < -0.3 is 25.1 Å². The lowest BCUT2D eigenvalue weighted by molar-refractivity contribution is -0.119. The monoisotopic (exact) mass is 452 g/mol. The first kappa shape index (κ1) is 23.0. The lowest BCUT2D eigenvalue weighted by Crippen LogP contribution is -2.29. The fraction of sp³-hybridized carbons (Fsp3) is 0.136. The molecule has 0 aliphatic rings. The Labute approximate surface area is 186 Å². The second-order valence-corrected chi connectivity index (χ2v) is 6.60. The van der Waals surface area contributed by atoms with Crippen molar-refractivity contribution in [2.75, 3.05) is 23.8 Å². The van der Waals surface area contributed by atoms with Gasteiger partial charge >= 0.3 is 11.7 Å². The number of esters is 1. The minimum atomic E-state index is -1.07. The average Bonchev–Trinajstić information content (AvgIpc) is 2.79. The van der Waals surface area contributed by atoms with Crippen LogP contribution in [0.1, 0.15) is 27.6 Å². The van der Waals surface area contributed by atoms with Crippen LogP contribution in [0.4, 0.5) is 11.4 Å². The van der Waals surface area contributed by atoms with Crippen LogP contribution < -0.4 is 26.6 Å². The molecule has 4 N–H and O–H groups in total. The molecule has 2 amide bonds. The molecule has 33 heavy (non-hydrogen) atoms. The van der Waals surface area contributed by atoms with E-state index in [0.29, 0.717) is 29.3 Å². The summed E-state index contributed by atoms with van der Waals surface area (Å²) in [4.78, 5) is 62.8. The maximum atomic E-state index is 12.4. The molecular weight excluding hydrogens is 432 g/mol.